The Hall–Kier alpha value is -2.05. The zero-order valence-corrected chi connectivity index (χ0v) is 13.4. The van der Waals surface area contributed by atoms with Crippen molar-refractivity contribution in [2.45, 2.75) is 6.92 Å². The van der Waals surface area contributed by atoms with E-state index >= 15 is 0 Å². The predicted octanol–water partition coefficient (Wildman–Crippen LogP) is 3.87. The van der Waals surface area contributed by atoms with E-state index in [0.717, 1.165) is 5.56 Å². The van der Waals surface area contributed by atoms with Crippen LogP contribution in [0.25, 0.3) is 17.4 Å². The number of aromatic hydroxyl groups is 1. The quantitative estimate of drug-likeness (QED) is 0.683. The molecule has 2 aromatic rings. The molecule has 6 heteroatoms. The molecule has 1 aromatic carbocycles. The Kier molecular flexibility index (Phi) is 4.04. The number of amides is 1. The molecule has 0 unspecified atom stereocenters. The van der Waals surface area contributed by atoms with Crippen LogP contribution in [0.15, 0.2) is 45.7 Å². The van der Waals surface area contributed by atoms with E-state index in [4.69, 9.17) is 16.6 Å². The second-order valence-electron chi connectivity index (χ2n) is 4.67. The Morgan fingerprint density at radius 1 is 1.27 bits per heavy atom. The van der Waals surface area contributed by atoms with E-state index in [9.17, 15) is 9.90 Å². The van der Waals surface area contributed by atoms with Crippen LogP contribution < -0.4 is 0 Å². The highest BCUT2D eigenvalue weighted by Gasteiger charge is 2.30. The summed E-state index contributed by atoms with van der Waals surface area (Å²) in [6.45, 7) is 2.46. The average Bonchev–Trinajstić information content (AvgIpc) is 3.06. The van der Waals surface area contributed by atoms with Gasteiger partial charge in [-0.2, -0.15) is 0 Å². The highest BCUT2D eigenvalue weighted by atomic mass is 32.2. The monoisotopic (exact) mass is 331 g/mol. The van der Waals surface area contributed by atoms with Gasteiger partial charge in [0.15, 0.2) is 0 Å². The molecule has 2 heterocycles. The van der Waals surface area contributed by atoms with E-state index in [2.05, 4.69) is 0 Å². The van der Waals surface area contributed by atoms with Gasteiger partial charge in [0.1, 0.15) is 21.6 Å². The van der Waals surface area contributed by atoms with Crippen LogP contribution in [0.4, 0.5) is 0 Å². The normalized spacial score (nSPS) is 16.8. The van der Waals surface area contributed by atoms with Crippen LogP contribution in [0.5, 0.6) is 5.75 Å². The molecule has 112 valence electrons. The third-order valence-electron chi connectivity index (χ3n) is 3.24. The third-order valence-corrected chi connectivity index (χ3v) is 4.62. The first kappa shape index (κ1) is 14.9. The number of likely N-dealkylation sites (N-methyl/N-ethyl adjacent to an activating group) is 1. The van der Waals surface area contributed by atoms with Gasteiger partial charge in [-0.1, -0.05) is 24.0 Å². The maximum atomic E-state index is 12.1. The zero-order valence-electron chi connectivity index (χ0n) is 11.8. The number of carbonyl (C=O) groups is 1. The van der Waals surface area contributed by atoms with Crippen LogP contribution >= 0.6 is 24.0 Å². The summed E-state index contributed by atoms with van der Waals surface area (Å²) in [5, 5.41) is 9.30. The predicted molar refractivity (Wildman–Crippen MR) is 91.4 cm³/mol. The number of thiocarbonyl (C=S) groups is 1. The lowest BCUT2D eigenvalue weighted by Gasteiger charge is -2.09. The van der Waals surface area contributed by atoms with Crippen molar-refractivity contribution >= 4 is 40.3 Å². The van der Waals surface area contributed by atoms with Gasteiger partial charge in [0.05, 0.1) is 4.91 Å². The Balaban J connectivity index is 1.86. The molecule has 0 radical (unpaired) electrons. The fourth-order valence-electron chi connectivity index (χ4n) is 2.11. The fourth-order valence-corrected chi connectivity index (χ4v) is 3.48. The van der Waals surface area contributed by atoms with E-state index in [1.165, 1.54) is 11.8 Å². The summed E-state index contributed by atoms with van der Waals surface area (Å²) >= 11 is 6.46. The van der Waals surface area contributed by atoms with Crippen molar-refractivity contribution in [1.29, 1.82) is 0 Å². The molecule has 1 amide bonds. The molecule has 0 aliphatic carbocycles. The fraction of sp³-hybridized carbons (Fsp3) is 0.125. The molecule has 0 atom stereocenters. The molecular formula is C16H13NO3S2. The van der Waals surface area contributed by atoms with E-state index in [-0.39, 0.29) is 11.7 Å². The summed E-state index contributed by atoms with van der Waals surface area (Å²) in [6.07, 6.45) is 1.71. The molecule has 1 fully saturated rings. The van der Waals surface area contributed by atoms with Crippen LogP contribution in [-0.4, -0.2) is 26.8 Å². The van der Waals surface area contributed by atoms with Crippen LogP contribution in [0.3, 0.4) is 0 Å². The molecular weight excluding hydrogens is 318 g/mol. The lowest BCUT2D eigenvalue weighted by molar-refractivity contribution is -0.121. The number of phenolic OH excluding ortho intramolecular Hbond substituents is 1. The lowest BCUT2D eigenvalue weighted by Crippen LogP contribution is -2.27. The maximum Gasteiger partial charge on any atom is 0.266 e. The van der Waals surface area contributed by atoms with Crippen molar-refractivity contribution in [2.24, 2.45) is 0 Å². The topological polar surface area (TPSA) is 53.7 Å². The summed E-state index contributed by atoms with van der Waals surface area (Å²) < 4.78 is 6.31. The van der Waals surface area contributed by atoms with E-state index in [1.807, 2.05) is 13.0 Å². The molecule has 0 bridgehead atoms. The van der Waals surface area contributed by atoms with Crippen molar-refractivity contribution in [1.82, 2.24) is 4.90 Å². The third kappa shape index (κ3) is 2.80. The minimum absolute atomic E-state index is 0.0833. The van der Waals surface area contributed by atoms with Gasteiger partial charge in [0, 0.05) is 18.2 Å². The van der Waals surface area contributed by atoms with Crippen LogP contribution in [0.2, 0.25) is 0 Å². The highest BCUT2D eigenvalue weighted by molar-refractivity contribution is 8.26. The molecule has 1 aromatic heterocycles. The SMILES string of the molecule is CCN1C(=O)/C(=C\c2ccc(-c3ccc(O)cc3)o2)SC1=S. The number of furan rings is 1. The van der Waals surface area contributed by atoms with Gasteiger partial charge in [-0.05, 0) is 43.3 Å². The second-order valence-corrected chi connectivity index (χ2v) is 6.35. The molecule has 1 N–H and O–H groups in total. The van der Waals surface area contributed by atoms with Crippen molar-refractivity contribution < 1.29 is 14.3 Å². The number of carbonyl (C=O) groups excluding carboxylic acids is 1. The second kappa shape index (κ2) is 5.98. The molecule has 0 spiro atoms. The molecule has 1 saturated heterocycles. The Bertz CT molecular complexity index is 762. The molecule has 3 rings (SSSR count). The number of rotatable bonds is 3. The number of hydrogen-bond acceptors (Lipinski definition) is 5. The first-order valence-electron chi connectivity index (χ1n) is 6.73. The number of phenols is 1. The van der Waals surface area contributed by atoms with Crippen LogP contribution in [-0.2, 0) is 4.79 Å². The largest absolute Gasteiger partial charge is 0.508 e. The molecule has 22 heavy (non-hydrogen) atoms. The summed E-state index contributed by atoms with van der Waals surface area (Å²) in [7, 11) is 0. The first-order chi connectivity index (χ1) is 10.6. The first-order valence-corrected chi connectivity index (χ1v) is 7.95. The van der Waals surface area contributed by atoms with Gasteiger partial charge in [-0.25, -0.2) is 0 Å². The average molecular weight is 331 g/mol. The molecule has 4 nitrogen and oxygen atoms in total. The minimum Gasteiger partial charge on any atom is -0.508 e. The minimum atomic E-state index is -0.0833. The van der Waals surface area contributed by atoms with Crippen molar-refractivity contribution in [3.05, 3.63) is 47.1 Å². The van der Waals surface area contributed by atoms with Gasteiger partial charge < -0.3 is 9.52 Å². The van der Waals surface area contributed by atoms with Crippen LogP contribution in [0, 0.1) is 0 Å². The summed E-state index contributed by atoms with van der Waals surface area (Å²) in [5.41, 5.74) is 0.860. The van der Waals surface area contributed by atoms with Crippen molar-refractivity contribution in [2.75, 3.05) is 6.54 Å². The molecule has 0 saturated carbocycles. The molecule has 1 aliphatic rings. The highest BCUT2D eigenvalue weighted by Crippen LogP contribution is 2.33. The Labute approximate surface area is 137 Å². The Morgan fingerprint density at radius 2 is 2.00 bits per heavy atom. The number of nitrogens with zero attached hydrogens (tertiary/aromatic N) is 1. The van der Waals surface area contributed by atoms with Crippen LogP contribution in [0.1, 0.15) is 12.7 Å². The van der Waals surface area contributed by atoms with E-state index < -0.39 is 0 Å². The Morgan fingerprint density at radius 3 is 2.64 bits per heavy atom. The number of thioether (sulfide) groups is 1. The van der Waals surface area contributed by atoms with E-state index in [1.54, 1.807) is 41.3 Å². The van der Waals surface area contributed by atoms with Crippen molar-refractivity contribution in [3.63, 3.8) is 0 Å². The maximum absolute atomic E-state index is 12.1. The van der Waals surface area contributed by atoms with Gasteiger partial charge in [0.25, 0.3) is 5.91 Å². The lowest BCUT2D eigenvalue weighted by atomic mass is 10.2. The smallest absolute Gasteiger partial charge is 0.266 e. The number of hydrogen-bond donors (Lipinski definition) is 1. The van der Waals surface area contributed by atoms with Gasteiger partial charge in [0.2, 0.25) is 0 Å². The summed E-state index contributed by atoms with van der Waals surface area (Å²) in [6, 6.07) is 10.4. The van der Waals surface area contributed by atoms with Gasteiger partial charge in [-0.15, -0.1) is 0 Å². The summed E-state index contributed by atoms with van der Waals surface area (Å²) in [4.78, 5) is 14.3. The van der Waals surface area contributed by atoms with Gasteiger partial charge >= 0.3 is 0 Å². The van der Waals surface area contributed by atoms with Crippen molar-refractivity contribution in [3.8, 4) is 17.1 Å². The van der Waals surface area contributed by atoms with E-state index in [0.29, 0.717) is 27.3 Å². The summed E-state index contributed by atoms with van der Waals surface area (Å²) in [5.74, 6) is 1.40. The zero-order chi connectivity index (χ0) is 15.7. The standard InChI is InChI=1S/C16H13NO3S2/c1-2-17-15(19)14(22-16(17)21)9-12-7-8-13(20-12)10-3-5-11(18)6-4-10/h3-9,18H,2H2,1H3/b14-9+. The van der Waals surface area contributed by atoms with Gasteiger partial charge in [-0.3, -0.25) is 9.69 Å². The number of benzene rings is 1. The molecule has 1 aliphatic heterocycles.